The second kappa shape index (κ2) is 4.64. The zero-order chi connectivity index (χ0) is 13.2. The standard InChI is InChI=1S/C12H14N2O4/c15-11(16)8-12(6-1-7-12)13-9-2-4-10(5-3-9)14(17)18/h2-5,13H,1,6-8H2,(H,15,16). The van der Waals surface area contributed by atoms with Crippen molar-refractivity contribution < 1.29 is 14.8 Å². The van der Waals surface area contributed by atoms with E-state index in [-0.39, 0.29) is 17.6 Å². The Kier molecular flexibility index (Phi) is 3.18. The van der Waals surface area contributed by atoms with Gasteiger partial charge in [0.05, 0.1) is 11.3 Å². The normalized spacial score (nSPS) is 16.7. The van der Waals surface area contributed by atoms with E-state index in [1.54, 1.807) is 12.1 Å². The highest BCUT2D eigenvalue weighted by atomic mass is 16.6. The van der Waals surface area contributed by atoms with Crippen LogP contribution in [0.4, 0.5) is 11.4 Å². The van der Waals surface area contributed by atoms with Crippen LogP contribution in [0.3, 0.4) is 0 Å². The summed E-state index contributed by atoms with van der Waals surface area (Å²) < 4.78 is 0. The van der Waals surface area contributed by atoms with Crippen molar-refractivity contribution in [3.63, 3.8) is 0 Å². The first-order valence-corrected chi connectivity index (χ1v) is 5.75. The van der Waals surface area contributed by atoms with Gasteiger partial charge in [-0.25, -0.2) is 0 Å². The van der Waals surface area contributed by atoms with Gasteiger partial charge in [-0.2, -0.15) is 0 Å². The minimum Gasteiger partial charge on any atom is -0.481 e. The molecule has 1 saturated carbocycles. The number of nitro groups is 1. The van der Waals surface area contributed by atoms with Crippen molar-refractivity contribution in [3.05, 3.63) is 34.4 Å². The van der Waals surface area contributed by atoms with E-state index >= 15 is 0 Å². The van der Waals surface area contributed by atoms with Crippen LogP contribution in [0.25, 0.3) is 0 Å². The number of anilines is 1. The molecule has 6 heteroatoms. The minimum absolute atomic E-state index is 0.0291. The third-order valence-electron chi connectivity index (χ3n) is 3.29. The Balaban J connectivity index is 2.08. The summed E-state index contributed by atoms with van der Waals surface area (Å²) >= 11 is 0. The number of rotatable bonds is 5. The van der Waals surface area contributed by atoms with Crippen molar-refractivity contribution in [2.24, 2.45) is 0 Å². The minimum atomic E-state index is -0.830. The molecule has 0 unspecified atom stereocenters. The van der Waals surface area contributed by atoms with E-state index in [2.05, 4.69) is 5.32 Å². The maximum absolute atomic E-state index is 10.8. The van der Waals surface area contributed by atoms with Crippen molar-refractivity contribution in [1.82, 2.24) is 0 Å². The SMILES string of the molecule is O=C(O)CC1(Nc2ccc([N+](=O)[O-])cc2)CCC1. The number of nitrogens with one attached hydrogen (secondary N) is 1. The first-order chi connectivity index (χ1) is 8.51. The van der Waals surface area contributed by atoms with Crippen molar-refractivity contribution in [1.29, 1.82) is 0 Å². The molecule has 96 valence electrons. The van der Waals surface area contributed by atoms with Gasteiger partial charge in [-0.15, -0.1) is 0 Å². The molecule has 1 aromatic rings. The fraction of sp³-hybridized carbons (Fsp3) is 0.417. The molecular formula is C12H14N2O4. The molecule has 1 aromatic carbocycles. The molecule has 6 nitrogen and oxygen atoms in total. The van der Waals surface area contributed by atoms with Crippen LogP contribution in [-0.4, -0.2) is 21.5 Å². The molecule has 1 fully saturated rings. The molecule has 0 amide bonds. The van der Waals surface area contributed by atoms with Gasteiger partial charge in [0.1, 0.15) is 0 Å². The monoisotopic (exact) mass is 250 g/mol. The maximum atomic E-state index is 10.8. The molecule has 0 aromatic heterocycles. The first-order valence-electron chi connectivity index (χ1n) is 5.75. The molecule has 0 saturated heterocycles. The van der Waals surface area contributed by atoms with Crippen LogP contribution in [0, 0.1) is 10.1 Å². The molecule has 0 aliphatic heterocycles. The average molecular weight is 250 g/mol. The molecule has 1 aliphatic carbocycles. The highest BCUT2D eigenvalue weighted by Crippen LogP contribution is 2.38. The number of non-ortho nitro benzene ring substituents is 1. The topological polar surface area (TPSA) is 92.5 Å². The first kappa shape index (κ1) is 12.3. The van der Waals surface area contributed by atoms with Crippen LogP contribution in [0.15, 0.2) is 24.3 Å². The number of carbonyl (C=O) groups is 1. The zero-order valence-corrected chi connectivity index (χ0v) is 9.76. The number of hydrogen-bond donors (Lipinski definition) is 2. The summed E-state index contributed by atoms with van der Waals surface area (Å²) in [6.45, 7) is 0. The molecule has 0 heterocycles. The van der Waals surface area contributed by atoms with Crippen LogP contribution in [0.5, 0.6) is 0 Å². The van der Waals surface area contributed by atoms with Gasteiger partial charge < -0.3 is 10.4 Å². The van der Waals surface area contributed by atoms with Crippen molar-refractivity contribution in [3.8, 4) is 0 Å². The molecule has 2 rings (SSSR count). The number of carboxylic acids is 1. The van der Waals surface area contributed by atoms with E-state index < -0.39 is 10.9 Å². The predicted molar refractivity (Wildman–Crippen MR) is 65.6 cm³/mol. The van der Waals surface area contributed by atoms with E-state index in [1.807, 2.05) is 0 Å². The van der Waals surface area contributed by atoms with Gasteiger partial charge in [-0.05, 0) is 31.4 Å². The lowest BCUT2D eigenvalue weighted by molar-refractivity contribution is -0.384. The lowest BCUT2D eigenvalue weighted by Crippen LogP contribution is -2.46. The highest BCUT2D eigenvalue weighted by molar-refractivity contribution is 5.70. The summed E-state index contributed by atoms with van der Waals surface area (Å²) in [5, 5.41) is 22.6. The largest absolute Gasteiger partial charge is 0.481 e. The third kappa shape index (κ3) is 2.58. The van der Waals surface area contributed by atoms with E-state index in [9.17, 15) is 14.9 Å². The molecule has 2 N–H and O–H groups in total. The average Bonchev–Trinajstić information content (AvgIpc) is 2.26. The Morgan fingerprint density at radius 3 is 2.39 bits per heavy atom. The Labute approximate surface area is 104 Å². The maximum Gasteiger partial charge on any atom is 0.305 e. The fourth-order valence-electron chi connectivity index (χ4n) is 2.21. The smallest absolute Gasteiger partial charge is 0.305 e. The Bertz CT molecular complexity index is 465. The van der Waals surface area contributed by atoms with Crippen molar-refractivity contribution in [2.75, 3.05) is 5.32 Å². The quantitative estimate of drug-likeness (QED) is 0.618. The number of hydrogen-bond acceptors (Lipinski definition) is 4. The van der Waals surface area contributed by atoms with Gasteiger partial charge >= 0.3 is 5.97 Å². The van der Waals surface area contributed by atoms with Gasteiger partial charge in [0.25, 0.3) is 5.69 Å². The number of aliphatic carboxylic acids is 1. The van der Waals surface area contributed by atoms with E-state index in [0.717, 1.165) is 24.9 Å². The van der Waals surface area contributed by atoms with Crippen LogP contribution in [0.1, 0.15) is 25.7 Å². The Morgan fingerprint density at radius 2 is 2.00 bits per heavy atom. The van der Waals surface area contributed by atoms with Crippen LogP contribution >= 0.6 is 0 Å². The van der Waals surface area contributed by atoms with E-state index in [0.29, 0.717) is 0 Å². The van der Waals surface area contributed by atoms with Crippen LogP contribution in [0.2, 0.25) is 0 Å². The summed E-state index contributed by atoms with van der Waals surface area (Å²) in [5.41, 5.74) is 0.366. The lowest BCUT2D eigenvalue weighted by atomic mass is 9.74. The summed E-state index contributed by atoms with van der Waals surface area (Å²) in [6.07, 6.45) is 2.71. The number of nitro benzene ring substituents is 1. The number of carboxylic acid groups (broad SMARTS) is 1. The lowest BCUT2D eigenvalue weighted by Gasteiger charge is -2.42. The zero-order valence-electron chi connectivity index (χ0n) is 9.76. The Hall–Kier alpha value is -2.11. The molecule has 0 radical (unpaired) electrons. The van der Waals surface area contributed by atoms with Crippen LogP contribution in [-0.2, 0) is 4.79 Å². The molecule has 1 aliphatic rings. The third-order valence-corrected chi connectivity index (χ3v) is 3.29. The summed E-state index contributed by atoms with van der Waals surface area (Å²) in [7, 11) is 0. The van der Waals surface area contributed by atoms with Crippen LogP contribution < -0.4 is 5.32 Å². The second-order valence-electron chi connectivity index (χ2n) is 4.63. The second-order valence-corrected chi connectivity index (χ2v) is 4.63. The van der Waals surface area contributed by atoms with Gasteiger partial charge in [-0.1, -0.05) is 0 Å². The number of nitrogens with zero attached hydrogens (tertiary/aromatic N) is 1. The van der Waals surface area contributed by atoms with E-state index in [1.165, 1.54) is 12.1 Å². The highest BCUT2D eigenvalue weighted by Gasteiger charge is 2.38. The molecular weight excluding hydrogens is 236 g/mol. The van der Waals surface area contributed by atoms with Gasteiger partial charge in [0.2, 0.25) is 0 Å². The summed E-state index contributed by atoms with van der Waals surface area (Å²) in [4.78, 5) is 20.9. The fourth-order valence-corrected chi connectivity index (χ4v) is 2.21. The molecule has 0 spiro atoms. The van der Waals surface area contributed by atoms with Crippen molar-refractivity contribution >= 4 is 17.3 Å². The summed E-state index contributed by atoms with van der Waals surface area (Å²) in [5.74, 6) is -0.830. The summed E-state index contributed by atoms with van der Waals surface area (Å²) in [6, 6.07) is 6.05. The van der Waals surface area contributed by atoms with Gasteiger partial charge in [0.15, 0.2) is 0 Å². The molecule has 0 bridgehead atoms. The Morgan fingerprint density at radius 1 is 1.39 bits per heavy atom. The predicted octanol–water partition coefficient (Wildman–Crippen LogP) is 2.40. The van der Waals surface area contributed by atoms with Gasteiger partial charge in [0, 0.05) is 23.4 Å². The number of benzene rings is 1. The van der Waals surface area contributed by atoms with E-state index in [4.69, 9.17) is 5.11 Å². The van der Waals surface area contributed by atoms with Gasteiger partial charge in [-0.3, -0.25) is 14.9 Å². The molecule has 0 atom stereocenters. The van der Waals surface area contributed by atoms with Crippen molar-refractivity contribution in [2.45, 2.75) is 31.2 Å². The molecule has 18 heavy (non-hydrogen) atoms.